The van der Waals surface area contributed by atoms with E-state index in [0.29, 0.717) is 0 Å². The topological polar surface area (TPSA) is 49.3 Å². The third-order valence-electron chi connectivity index (χ3n) is 4.14. The maximum absolute atomic E-state index is 11.9. The molecule has 2 fully saturated rings. The Labute approximate surface area is 97.6 Å². The molecule has 0 aliphatic heterocycles. The van der Waals surface area contributed by atoms with Gasteiger partial charge >= 0.3 is 0 Å². The predicted molar refractivity (Wildman–Crippen MR) is 62.9 cm³/mol. The first-order chi connectivity index (χ1) is 7.50. The molecule has 92 valence electrons. The van der Waals surface area contributed by atoms with Crippen LogP contribution in [-0.4, -0.2) is 23.2 Å². The van der Waals surface area contributed by atoms with Gasteiger partial charge in [-0.1, -0.05) is 33.1 Å². The molecule has 0 aromatic rings. The van der Waals surface area contributed by atoms with Crippen LogP contribution in [0, 0.1) is 11.3 Å². The Balaban J connectivity index is 1.86. The summed E-state index contributed by atoms with van der Waals surface area (Å²) in [6.07, 6.45) is 5.80. The van der Waals surface area contributed by atoms with Crippen LogP contribution in [0.5, 0.6) is 0 Å². The highest BCUT2D eigenvalue weighted by Crippen LogP contribution is 2.51. The second kappa shape index (κ2) is 4.36. The van der Waals surface area contributed by atoms with Crippen LogP contribution >= 0.6 is 0 Å². The van der Waals surface area contributed by atoms with Gasteiger partial charge in [0.25, 0.3) is 0 Å². The monoisotopic (exact) mass is 225 g/mol. The van der Waals surface area contributed by atoms with Gasteiger partial charge in [0.05, 0.1) is 12.1 Å². The average molecular weight is 225 g/mol. The molecule has 16 heavy (non-hydrogen) atoms. The van der Waals surface area contributed by atoms with Gasteiger partial charge in [0.1, 0.15) is 0 Å². The smallest absolute Gasteiger partial charge is 0.223 e. The fourth-order valence-electron chi connectivity index (χ4n) is 2.65. The molecule has 3 unspecified atom stereocenters. The predicted octanol–water partition coefficient (Wildman–Crippen LogP) is 1.84. The van der Waals surface area contributed by atoms with Crippen LogP contribution < -0.4 is 5.32 Å². The Kier molecular flexibility index (Phi) is 3.24. The Bertz CT molecular complexity index is 275. The maximum atomic E-state index is 11.9. The van der Waals surface area contributed by atoms with Crippen molar-refractivity contribution in [1.29, 1.82) is 0 Å². The van der Waals surface area contributed by atoms with Crippen molar-refractivity contribution in [3.05, 3.63) is 0 Å². The van der Waals surface area contributed by atoms with Gasteiger partial charge in [-0.2, -0.15) is 0 Å². The van der Waals surface area contributed by atoms with E-state index in [1.54, 1.807) is 0 Å². The lowest BCUT2D eigenvalue weighted by molar-refractivity contribution is -0.124. The molecule has 2 N–H and O–H groups in total. The first-order valence-electron chi connectivity index (χ1n) is 6.49. The Hall–Kier alpha value is -0.570. The quantitative estimate of drug-likeness (QED) is 0.705. The fourth-order valence-corrected chi connectivity index (χ4v) is 2.65. The number of nitrogens with one attached hydrogen (secondary N) is 1. The molecule has 1 amide bonds. The third kappa shape index (κ3) is 2.57. The number of rotatable bonds is 2. The SMILES string of the molecule is CC1(C)CC1C(=O)NC1CCCCCC1O. The van der Waals surface area contributed by atoms with Crippen molar-refractivity contribution in [3.8, 4) is 0 Å². The first-order valence-corrected chi connectivity index (χ1v) is 6.49. The highest BCUT2D eigenvalue weighted by molar-refractivity contribution is 5.82. The highest BCUT2D eigenvalue weighted by Gasteiger charge is 2.51. The summed E-state index contributed by atoms with van der Waals surface area (Å²) in [5.74, 6) is 0.318. The molecule has 0 radical (unpaired) electrons. The Morgan fingerprint density at radius 2 is 1.88 bits per heavy atom. The number of amides is 1. The Morgan fingerprint density at radius 3 is 2.50 bits per heavy atom. The molecule has 2 aliphatic carbocycles. The first kappa shape index (κ1) is 11.9. The minimum Gasteiger partial charge on any atom is -0.391 e. The van der Waals surface area contributed by atoms with Crippen molar-refractivity contribution in [2.75, 3.05) is 0 Å². The van der Waals surface area contributed by atoms with Gasteiger partial charge < -0.3 is 10.4 Å². The normalized spacial score (nSPS) is 37.6. The van der Waals surface area contributed by atoms with Crippen molar-refractivity contribution in [2.45, 2.75) is 64.5 Å². The van der Waals surface area contributed by atoms with Gasteiger partial charge in [-0.25, -0.2) is 0 Å². The van der Waals surface area contributed by atoms with Gasteiger partial charge in [-0.3, -0.25) is 4.79 Å². The van der Waals surface area contributed by atoms with E-state index in [4.69, 9.17) is 0 Å². The number of carbonyl (C=O) groups excluding carboxylic acids is 1. The fraction of sp³-hybridized carbons (Fsp3) is 0.923. The molecule has 2 saturated carbocycles. The summed E-state index contributed by atoms with van der Waals surface area (Å²) in [5.41, 5.74) is 0.180. The minimum atomic E-state index is -0.340. The largest absolute Gasteiger partial charge is 0.391 e. The van der Waals surface area contributed by atoms with Crippen molar-refractivity contribution in [1.82, 2.24) is 5.32 Å². The average Bonchev–Trinajstić information content (AvgIpc) is 2.88. The zero-order valence-corrected chi connectivity index (χ0v) is 10.3. The van der Waals surface area contributed by atoms with Crippen molar-refractivity contribution < 1.29 is 9.90 Å². The molecule has 0 aromatic heterocycles. The lowest BCUT2D eigenvalue weighted by Gasteiger charge is -2.22. The van der Waals surface area contributed by atoms with Crippen LogP contribution in [0.15, 0.2) is 0 Å². The van der Waals surface area contributed by atoms with E-state index in [-0.39, 0.29) is 29.4 Å². The molecule has 0 saturated heterocycles. The van der Waals surface area contributed by atoms with Crippen LogP contribution in [0.2, 0.25) is 0 Å². The lowest BCUT2D eigenvalue weighted by atomic mass is 10.0. The van der Waals surface area contributed by atoms with E-state index < -0.39 is 0 Å². The molecular weight excluding hydrogens is 202 g/mol. The highest BCUT2D eigenvalue weighted by atomic mass is 16.3. The molecule has 0 aromatic carbocycles. The summed E-state index contributed by atoms with van der Waals surface area (Å²) in [7, 11) is 0. The summed E-state index contributed by atoms with van der Waals surface area (Å²) >= 11 is 0. The molecule has 0 bridgehead atoms. The molecule has 3 atom stereocenters. The summed E-state index contributed by atoms with van der Waals surface area (Å²) in [4.78, 5) is 11.9. The van der Waals surface area contributed by atoms with E-state index in [9.17, 15) is 9.90 Å². The summed E-state index contributed by atoms with van der Waals surface area (Å²) in [6.45, 7) is 4.25. The van der Waals surface area contributed by atoms with Gasteiger partial charge in [0, 0.05) is 5.92 Å². The molecule has 0 spiro atoms. The van der Waals surface area contributed by atoms with Crippen LogP contribution in [0.25, 0.3) is 0 Å². The van der Waals surface area contributed by atoms with Crippen molar-refractivity contribution in [3.63, 3.8) is 0 Å². The molecule has 2 aliphatic rings. The van der Waals surface area contributed by atoms with Gasteiger partial charge in [-0.05, 0) is 24.7 Å². The lowest BCUT2D eigenvalue weighted by Crippen LogP contribution is -2.43. The van der Waals surface area contributed by atoms with E-state index in [0.717, 1.165) is 32.1 Å². The molecule has 2 rings (SSSR count). The number of hydrogen-bond donors (Lipinski definition) is 2. The molecule has 0 heterocycles. The minimum absolute atomic E-state index is 0.00796. The van der Waals surface area contributed by atoms with E-state index in [2.05, 4.69) is 19.2 Å². The standard InChI is InChI=1S/C13H23NO2/c1-13(2)8-9(13)12(16)14-10-6-4-3-5-7-11(10)15/h9-11,15H,3-8H2,1-2H3,(H,14,16). The number of carbonyl (C=O) groups is 1. The van der Waals surface area contributed by atoms with Gasteiger partial charge in [-0.15, -0.1) is 0 Å². The zero-order chi connectivity index (χ0) is 11.8. The number of aliphatic hydroxyl groups is 1. The van der Waals surface area contributed by atoms with Crippen LogP contribution in [0.3, 0.4) is 0 Å². The maximum Gasteiger partial charge on any atom is 0.223 e. The third-order valence-corrected chi connectivity index (χ3v) is 4.14. The second-order valence-corrected chi connectivity index (χ2v) is 6.07. The molecule has 3 nitrogen and oxygen atoms in total. The van der Waals surface area contributed by atoms with Crippen LogP contribution in [-0.2, 0) is 4.79 Å². The van der Waals surface area contributed by atoms with Gasteiger partial charge in [0.2, 0.25) is 5.91 Å². The number of hydrogen-bond acceptors (Lipinski definition) is 2. The Morgan fingerprint density at radius 1 is 1.25 bits per heavy atom. The van der Waals surface area contributed by atoms with Gasteiger partial charge in [0.15, 0.2) is 0 Å². The van der Waals surface area contributed by atoms with Crippen molar-refractivity contribution >= 4 is 5.91 Å². The summed E-state index contributed by atoms with van der Waals surface area (Å²) in [6, 6.07) is -0.00796. The summed E-state index contributed by atoms with van der Waals surface area (Å²) < 4.78 is 0. The molecule has 3 heteroatoms. The van der Waals surface area contributed by atoms with E-state index in [1.165, 1.54) is 6.42 Å². The zero-order valence-electron chi connectivity index (χ0n) is 10.3. The summed E-state index contributed by atoms with van der Waals surface area (Å²) in [5, 5.41) is 13.0. The molecular formula is C13H23NO2. The van der Waals surface area contributed by atoms with Crippen LogP contribution in [0.4, 0.5) is 0 Å². The number of aliphatic hydroxyl groups excluding tert-OH is 1. The van der Waals surface area contributed by atoms with Crippen LogP contribution in [0.1, 0.15) is 52.4 Å². The van der Waals surface area contributed by atoms with Crippen molar-refractivity contribution in [2.24, 2.45) is 11.3 Å². The second-order valence-electron chi connectivity index (χ2n) is 6.07. The van der Waals surface area contributed by atoms with E-state index in [1.807, 2.05) is 0 Å². The van der Waals surface area contributed by atoms with E-state index >= 15 is 0 Å².